The fourth-order valence-electron chi connectivity index (χ4n) is 4.84. The summed E-state index contributed by atoms with van der Waals surface area (Å²) in [4.78, 5) is 40.0. The molecule has 176 valence electrons. The van der Waals surface area contributed by atoms with Crippen molar-refractivity contribution in [2.24, 2.45) is 28.4 Å². The van der Waals surface area contributed by atoms with E-state index in [-0.39, 0.29) is 23.2 Å². The van der Waals surface area contributed by atoms with Crippen molar-refractivity contribution < 1.29 is 23.2 Å². The number of nitrogens with zero attached hydrogens (tertiary/aromatic N) is 1. The monoisotopic (exact) mass is 450 g/mol. The Labute approximate surface area is 187 Å². The molecule has 0 radical (unpaired) electrons. The minimum atomic E-state index is -1.02. The van der Waals surface area contributed by atoms with Crippen LogP contribution in [0.5, 0.6) is 0 Å². The lowest BCUT2D eigenvalue weighted by Gasteiger charge is -2.37. The summed E-state index contributed by atoms with van der Waals surface area (Å²) in [5, 5.41) is 5.25. The molecule has 5 atom stereocenters. The predicted octanol–water partition coefficient (Wildman–Crippen LogP) is 2.26. The van der Waals surface area contributed by atoms with Crippen molar-refractivity contribution in [2.45, 2.75) is 59.7 Å². The zero-order chi connectivity index (χ0) is 24.2. The number of piperidine rings is 1. The number of likely N-dealkylation sites (tertiary alicyclic amines) is 1. The number of hydrogen-bond acceptors (Lipinski definition) is 4. The molecule has 9 heteroatoms. The van der Waals surface area contributed by atoms with E-state index in [1.165, 1.54) is 17.9 Å². The third-order valence-electron chi connectivity index (χ3n) is 6.90. The summed E-state index contributed by atoms with van der Waals surface area (Å²) in [7, 11) is 0. The predicted molar refractivity (Wildman–Crippen MR) is 116 cm³/mol. The molecule has 1 aromatic rings. The molecule has 7 nitrogen and oxygen atoms in total. The number of hydrogen-bond donors (Lipinski definition) is 3. The van der Waals surface area contributed by atoms with Gasteiger partial charge in [0, 0.05) is 6.54 Å². The highest BCUT2D eigenvalue weighted by Crippen LogP contribution is 2.64. The van der Waals surface area contributed by atoms with Gasteiger partial charge in [0.2, 0.25) is 17.7 Å². The summed E-state index contributed by atoms with van der Waals surface area (Å²) < 4.78 is 27.9. The second-order valence-electron chi connectivity index (χ2n) is 10.6. The van der Waals surface area contributed by atoms with Crippen LogP contribution in [-0.4, -0.2) is 47.3 Å². The van der Waals surface area contributed by atoms with Crippen LogP contribution in [0.2, 0.25) is 0 Å². The highest BCUT2D eigenvalue weighted by atomic mass is 19.1. The van der Waals surface area contributed by atoms with Gasteiger partial charge in [0.1, 0.15) is 35.4 Å². The Balaban J connectivity index is 1.76. The number of nitrogens with two attached hydrogens (primary N) is 1. The quantitative estimate of drug-likeness (QED) is 0.618. The topological polar surface area (TPSA) is 105 Å². The van der Waals surface area contributed by atoms with Gasteiger partial charge in [-0.05, 0) is 41.7 Å². The SMILES string of the molecule is C[C@H](Nc1c(F)cccc1F)C(=O)N[C@H](C(=O)N1CC2C(C1C(N)=O)C2(C)C)C(C)(C)C. The summed E-state index contributed by atoms with van der Waals surface area (Å²) >= 11 is 0. The van der Waals surface area contributed by atoms with Crippen molar-refractivity contribution in [3.63, 3.8) is 0 Å². The van der Waals surface area contributed by atoms with Gasteiger partial charge in [0.05, 0.1) is 0 Å². The van der Waals surface area contributed by atoms with Gasteiger partial charge in [-0.2, -0.15) is 0 Å². The lowest BCUT2D eigenvalue weighted by atomic mass is 9.85. The smallest absolute Gasteiger partial charge is 0.246 e. The Kier molecular flexibility index (Phi) is 5.99. The molecular weight excluding hydrogens is 418 g/mol. The first-order chi connectivity index (χ1) is 14.7. The van der Waals surface area contributed by atoms with Crippen LogP contribution >= 0.6 is 0 Å². The third kappa shape index (κ3) is 4.17. The average molecular weight is 451 g/mol. The molecule has 1 aromatic carbocycles. The molecule has 0 spiro atoms. The Hall–Kier alpha value is -2.71. The van der Waals surface area contributed by atoms with E-state index in [1.807, 2.05) is 0 Å². The van der Waals surface area contributed by atoms with Crippen molar-refractivity contribution in [3.8, 4) is 0 Å². The Morgan fingerprint density at radius 3 is 2.25 bits per heavy atom. The molecular formula is C23H32F2N4O3. The normalized spacial score (nSPS) is 25.5. The minimum absolute atomic E-state index is 0.00453. The maximum atomic E-state index is 13.9. The highest BCUT2D eigenvalue weighted by Gasteiger charge is 2.69. The first kappa shape index (κ1) is 23.9. The van der Waals surface area contributed by atoms with E-state index in [1.54, 1.807) is 20.8 Å². The molecule has 3 amide bonds. The molecule has 1 aliphatic carbocycles. The van der Waals surface area contributed by atoms with Crippen LogP contribution in [0.15, 0.2) is 18.2 Å². The molecule has 4 N–H and O–H groups in total. The van der Waals surface area contributed by atoms with Gasteiger partial charge in [-0.25, -0.2) is 8.78 Å². The first-order valence-corrected chi connectivity index (χ1v) is 10.8. The van der Waals surface area contributed by atoms with Gasteiger partial charge in [0.15, 0.2) is 0 Å². The van der Waals surface area contributed by atoms with E-state index >= 15 is 0 Å². The van der Waals surface area contributed by atoms with Crippen LogP contribution < -0.4 is 16.4 Å². The van der Waals surface area contributed by atoms with Crippen LogP contribution in [0.4, 0.5) is 14.5 Å². The van der Waals surface area contributed by atoms with Crippen molar-refractivity contribution >= 4 is 23.4 Å². The molecule has 3 rings (SSSR count). The number of para-hydroxylation sites is 1. The van der Waals surface area contributed by atoms with Crippen molar-refractivity contribution in [2.75, 3.05) is 11.9 Å². The molecule has 1 saturated carbocycles. The summed E-state index contributed by atoms with van der Waals surface area (Å²) in [5.41, 5.74) is 4.49. The Morgan fingerprint density at radius 1 is 1.19 bits per heavy atom. The van der Waals surface area contributed by atoms with E-state index in [2.05, 4.69) is 24.5 Å². The minimum Gasteiger partial charge on any atom is -0.369 e. The van der Waals surface area contributed by atoms with Crippen LogP contribution in [0.1, 0.15) is 41.5 Å². The number of carbonyl (C=O) groups is 3. The van der Waals surface area contributed by atoms with Crippen LogP contribution in [0.25, 0.3) is 0 Å². The molecule has 0 aromatic heterocycles. The molecule has 32 heavy (non-hydrogen) atoms. The molecule has 2 aliphatic rings. The van der Waals surface area contributed by atoms with Gasteiger partial charge in [-0.1, -0.05) is 40.7 Å². The molecule has 1 saturated heterocycles. The molecule has 3 unspecified atom stereocenters. The number of halogens is 2. The van der Waals surface area contributed by atoms with Gasteiger partial charge < -0.3 is 21.3 Å². The second-order valence-corrected chi connectivity index (χ2v) is 10.6. The molecule has 0 bridgehead atoms. The number of anilines is 1. The van der Waals surface area contributed by atoms with Crippen molar-refractivity contribution in [1.29, 1.82) is 0 Å². The zero-order valence-corrected chi connectivity index (χ0v) is 19.3. The van der Waals surface area contributed by atoms with Crippen LogP contribution in [-0.2, 0) is 14.4 Å². The van der Waals surface area contributed by atoms with Gasteiger partial charge in [-0.3, -0.25) is 14.4 Å². The second kappa shape index (κ2) is 8.01. The summed E-state index contributed by atoms with van der Waals surface area (Å²) in [6.07, 6.45) is 0. The lowest BCUT2D eigenvalue weighted by molar-refractivity contribution is -0.144. The van der Waals surface area contributed by atoms with Crippen molar-refractivity contribution in [3.05, 3.63) is 29.8 Å². The van der Waals surface area contributed by atoms with Crippen LogP contribution in [0.3, 0.4) is 0 Å². The number of benzene rings is 1. The van der Waals surface area contributed by atoms with Gasteiger partial charge >= 0.3 is 0 Å². The van der Waals surface area contributed by atoms with Gasteiger partial charge in [0.25, 0.3) is 0 Å². The van der Waals surface area contributed by atoms with E-state index in [9.17, 15) is 23.2 Å². The number of carbonyl (C=O) groups excluding carboxylic acids is 3. The number of rotatable bonds is 6. The molecule has 2 fully saturated rings. The lowest BCUT2D eigenvalue weighted by Crippen LogP contribution is -2.60. The average Bonchev–Trinajstić information content (AvgIpc) is 3.03. The Morgan fingerprint density at radius 2 is 1.75 bits per heavy atom. The standard InChI is InChI=1S/C23H32F2N4O3/c1-11(27-16-13(24)8-7-9-14(16)25)20(31)28-18(22(2,3)4)21(32)29-10-12-15(23(12,5)6)17(29)19(26)30/h7-9,11-12,15,17-18,27H,10H2,1-6H3,(H2,26,30)(H,28,31)/t11-,12?,15?,17?,18+/m0/s1. The van der Waals surface area contributed by atoms with E-state index in [0.717, 1.165) is 12.1 Å². The number of fused-ring (bicyclic) bond motifs is 1. The van der Waals surface area contributed by atoms with Crippen molar-refractivity contribution in [1.82, 2.24) is 10.2 Å². The first-order valence-electron chi connectivity index (χ1n) is 10.8. The fraction of sp³-hybridized carbons (Fsp3) is 0.609. The number of nitrogens with one attached hydrogen (secondary N) is 2. The molecule has 1 heterocycles. The maximum absolute atomic E-state index is 13.9. The third-order valence-corrected chi connectivity index (χ3v) is 6.90. The van der Waals surface area contributed by atoms with E-state index in [0.29, 0.717) is 6.54 Å². The van der Waals surface area contributed by atoms with E-state index in [4.69, 9.17) is 5.73 Å². The summed E-state index contributed by atoms with van der Waals surface area (Å²) in [6.45, 7) is 11.3. The zero-order valence-electron chi connectivity index (χ0n) is 19.3. The largest absolute Gasteiger partial charge is 0.369 e. The summed E-state index contributed by atoms with van der Waals surface area (Å²) in [5.74, 6) is -2.99. The number of primary amides is 1. The van der Waals surface area contributed by atoms with Gasteiger partial charge in [-0.15, -0.1) is 0 Å². The summed E-state index contributed by atoms with van der Waals surface area (Å²) in [6, 6.07) is 0.714. The van der Waals surface area contributed by atoms with Crippen LogP contribution in [0, 0.1) is 34.3 Å². The Bertz CT molecular complexity index is 923. The maximum Gasteiger partial charge on any atom is 0.246 e. The highest BCUT2D eigenvalue weighted by molar-refractivity contribution is 5.94. The van der Waals surface area contributed by atoms with E-state index < -0.39 is 52.7 Å². The molecule has 1 aliphatic heterocycles. The number of amides is 3. The fourth-order valence-corrected chi connectivity index (χ4v) is 4.84.